The lowest BCUT2D eigenvalue weighted by Gasteiger charge is -2.30. The van der Waals surface area contributed by atoms with Crippen LogP contribution in [-0.4, -0.2) is 47.3 Å². The maximum absolute atomic E-state index is 12.5. The van der Waals surface area contributed by atoms with E-state index in [1.54, 1.807) is 11.8 Å². The highest BCUT2D eigenvalue weighted by Crippen LogP contribution is 2.43. The molecule has 3 aromatic rings. The number of likely N-dealkylation sites (tertiary alicyclic amines) is 1. The smallest absolute Gasteiger partial charge is 0.411 e. The molecule has 0 atom stereocenters. The minimum Gasteiger partial charge on any atom is -0.494 e. The number of fused-ring (bicyclic) bond motifs is 1. The molecule has 2 fully saturated rings. The number of nitrogens with zero attached hydrogens (tertiary/aromatic N) is 3. The molecular weight excluding hydrogens is 468 g/mol. The molecule has 0 spiro atoms. The van der Waals surface area contributed by atoms with E-state index in [-0.39, 0.29) is 12.0 Å². The highest BCUT2D eigenvalue weighted by molar-refractivity contribution is 5.96. The molecule has 1 aromatic heterocycles. The number of hydrogen-bond acceptors (Lipinski definition) is 5. The summed E-state index contributed by atoms with van der Waals surface area (Å²) in [6.45, 7) is 5.31. The van der Waals surface area contributed by atoms with Crippen LogP contribution < -0.4 is 10.1 Å². The molecule has 1 saturated heterocycles. The van der Waals surface area contributed by atoms with Crippen molar-refractivity contribution in [1.29, 1.82) is 5.26 Å². The summed E-state index contributed by atoms with van der Waals surface area (Å²) in [6.07, 6.45) is 3.91. The van der Waals surface area contributed by atoms with Crippen LogP contribution >= 0.6 is 0 Å². The second-order valence-corrected chi connectivity index (χ2v) is 9.72. The monoisotopic (exact) mass is 500 g/mol. The molecule has 37 heavy (non-hydrogen) atoms. The normalized spacial score (nSPS) is 16.2. The summed E-state index contributed by atoms with van der Waals surface area (Å²) in [6, 6.07) is 16.3. The molecule has 0 unspecified atom stereocenters. The van der Waals surface area contributed by atoms with E-state index >= 15 is 0 Å². The Hall–Kier alpha value is -3.99. The van der Waals surface area contributed by atoms with E-state index in [0.29, 0.717) is 49.8 Å². The lowest BCUT2D eigenvalue weighted by atomic mass is 9.92. The zero-order valence-electron chi connectivity index (χ0n) is 21.3. The van der Waals surface area contributed by atoms with Crippen molar-refractivity contribution in [2.45, 2.75) is 58.1 Å². The molecule has 2 aliphatic rings. The van der Waals surface area contributed by atoms with Crippen molar-refractivity contribution in [3.63, 3.8) is 0 Å². The largest absolute Gasteiger partial charge is 0.494 e. The number of carbonyl (C=O) groups excluding carboxylic acids is 2. The number of amides is 2. The quantitative estimate of drug-likeness (QED) is 0.457. The lowest BCUT2D eigenvalue weighted by Crippen LogP contribution is -2.40. The Morgan fingerprint density at radius 1 is 1.08 bits per heavy atom. The molecule has 1 aliphatic carbocycles. The van der Waals surface area contributed by atoms with Gasteiger partial charge in [0.2, 0.25) is 5.91 Å². The number of rotatable bonds is 6. The molecule has 0 bridgehead atoms. The third kappa shape index (κ3) is 4.99. The van der Waals surface area contributed by atoms with Crippen molar-refractivity contribution in [3.8, 4) is 23.1 Å². The zero-order valence-corrected chi connectivity index (χ0v) is 21.3. The van der Waals surface area contributed by atoms with Gasteiger partial charge in [-0.3, -0.25) is 10.1 Å². The maximum atomic E-state index is 12.5. The molecule has 2 aromatic carbocycles. The van der Waals surface area contributed by atoms with Crippen LogP contribution in [0.4, 0.5) is 10.5 Å². The summed E-state index contributed by atoms with van der Waals surface area (Å²) in [4.78, 5) is 25.7. The Labute approximate surface area is 216 Å². The van der Waals surface area contributed by atoms with Crippen LogP contribution in [0, 0.1) is 11.3 Å². The summed E-state index contributed by atoms with van der Waals surface area (Å²) in [5, 5.41) is 13.9. The van der Waals surface area contributed by atoms with E-state index in [9.17, 15) is 14.9 Å². The Bertz CT molecular complexity index is 1340. The number of anilines is 1. The van der Waals surface area contributed by atoms with Gasteiger partial charge in [-0.05, 0) is 56.0 Å². The van der Waals surface area contributed by atoms with E-state index in [1.165, 1.54) is 6.42 Å². The fourth-order valence-corrected chi connectivity index (χ4v) is 5.27. The number of aromatic nitrogens is 1. The third-order valence-electron chi connectivity index (χ3n) is 7.40. The summed E-state index contributed by atoms with van der Waals surface area (Å²) in [7, 11) is 0. The predicted molar refractivity (Wildman–Crippen MR) is 142 cm³/mol. The number of piperidine rings is 1. The number of nitrogens with one attached hydrogen (secondary N) is 1. The van der Waals surface area contributed by atoms with Gasteiger partial charge in [0, 0.05) is 56.0 Å². The summed E-state index contributed by atoms with van der Waals surface area (Å²) >= 11 is 0. The Morgan fingerprint density at radius 3 is 2.41 bits per heavy atom. The molecule has 8 nitrogen and oxygen atoms in total. The van der Waals surface area contributed by atoms with Gasteiger partial charge in [-0.25, -0.2) is 4.79 Å². The Balaban J connectivity index is 1.36. The molecule has 2 amide bonds. The van der Waals surface area contributed by atoms with Crippen LogP contribution in [0.2, 0.25) is 0 Å². The highest BCUT2D eigenvalue weighted by Gasteiger charge is 2.28. The fraction of sp³-hybridized carbons (Fsp3) is 0.414. The zero-order chi connectivity index (χ0) is 25.9. The molecule has 1 saturated carbocycles. The van der Waals surface area contributed by atoms with Gasteiger partial charge < -0.3 is 18.9 Å². The summed E-state index contributed by atoms with van der Waals surface area (Å²) in [5.74, 6) is 0.850. The summed E-state index contributed by atoms with van der Waals surface area (Å²) < 4.78 is 13.6. The van der Waals surface area contributed by atoms with Crippen molar-refractivity contribution < 1.29 is 19.1 Å². The standard InChI is InChI=1S/C29H32N4O4/c1-3-36-24-11-12-25-26(18-30)28(33(27(25)17-24)22-5-4-6-22)20-7-9-21(10-8-20)31-29(35)37-23-13-15-32(16-14-23)19(2)34/h7-12,17,22-23H,3-6,13-16H2,1-2H3,(H,31,35). The lowest BCUT2D eigenvalue weighted by molar-refractivity contribution is -0.130. The molecule has 8 heteroatoms. The first-order chi connectivity index (χ1) is 18.0. The fourth-order valence-electron chi connectivity index (χ4n) is 5.27. The third-order valence-corrected chi connectivity index (χ3v) is 7.40. The minimum absolute atomic E-state index is 0.0497. The first kappa shape index (κ1) is 24.7. The van der Waals surface area contributed by atoms with Gasteiger partial charge >= 0.3 is 6.09 Å². The van der Waals surface area contributed by atoms with Gasteiger partial charge in [0.1, 0.15) is 17.9 Å². The summed E-state index contributed by atoms with van der Waals surface area (Å²) in [5.41, 5.74) is 4.12. The van der Waals surface area contributed by atoms with Crippen LogP contribution in [0.15, 0.2) is 42.5 Å². The van der Waals surface area contributed by atoms with Gasteiger partial charge in [0.05, 0.1) is 23.4 Å². The van der Waals surface area contributed by atoms with E-state index in [2.05, 4.69) is 16.0 Å². The molecule has 1 aliphatic heterocycles. The molecule has 1 N–H and O–H groups in total. The minimum atomic E-state index is -0.501. The van der Waals surface area contributed by atoms with Crippen LogP contribution in [0.5, 0.6) is 5.75 Å². The number of nitriles is 1. The first-order valence-corrected chi connectivity index (χ1v) is 13.0. The van der Waals surface area contributed by atoms with Crippen LogP contribution in [0.25, 0.3) is 22.2 Å². The van der Waals surface area contributed by atoms with Crippen LogP contribution in [-0.2, 0) is 9.53 Å². The number of carbonyl (C=O) groups is 2. The van der Waals surface area contributed by atoms with Gasteiger partial charge in [-0.1, -0.05) is 12.1 Å². The Kier molecular flexibility index (Phi) is 7.04. The van der Waals surface area contributed by atoms with Crippen molar-refractivity contribution in [2.75, 3.05) is 25.0 Å². The Morgan fingerprint density at radius 2 is 1.81 bits per heavy atom. The topological polar surface area (TPSA) is 96.6 Å². The van der Waals surface area contributed by atoms with Crippen LogP contribution in [0.1, 0.15) is 57.6 Å². The predicted octanol–water partition coefficient (Wildman–Crippen LogP) is 5.86. The van der Waals surface area contributed by atoms with Crippen molar-refractivity contribution in [3.05, 3.63) is 48.0 Å². The van der Waals surface area contributed by atoms with E-state index in [4.69, 9.17) is 9.47 Å². The van der Waals surface area contributed by atoms with Gasteiger partial charge in [-0.15, -0.1) is 0 Å². The highest BCUT2D eigenvalue weighted by atomic mass is 16.6. The SMILES string of the molecule is CCOc1ccc2c(C#N)c(-c3ccc(NC(=O)OC4CCN(C(C)=O)CC4)cc3)n(C3CCC3)c2c1. The van der Waals surface area contributed by atoms with Crippen molar-refractivity contribution >= 4 is 28.6 Å². The first-order valence-electron chi connectivity index (χ1n) is 13.0. The average molecular weight is 501 g/mol. The number of hydrogen-bond donors (Lipinski definition) is 1. The van der Waals surface area contributed by atoms with E-state index in [1.807, 2.05) is 49.4 Å². The van der Waals surface area contributed by atoms with Crippen LogP contribution in [0.3, 0.4) is 0 Å². The average Bonchev–Trinajstić information content (AvgIpc) is 3.17. The molecule has 5 rings (SSSR count). The van der Waals surface area contributed by atoms with E-state index < -0.39 is 6.09 Å². The molecule has 0 radical (unpaired) electrons. The van der Waals surface area contributed by atoms with Gasteiger partial charge in [0.15, 0.2) is 0 Å². The maximum Gasteiger partial charge on any atom is 0.411 e. The van der Waals surface area contributed by atoms with Crippen molar-refractivity contribution in [1.82, 2.24) is 9.47 Å². The second kappa shape index (κ2) is 10.6. The van der Waals surface area contributed by atoms with Crippen molar-refractivity contribution in [2.24, 2.45) is 0 Å². The molecule has 2 heterocycles. The van der Waals surface area contributed by atoms with Gasteiger partial charge in [0.25, 0.3) is 0 Å². The second-order valence-electron chi connectivity index (χ2n) is 9.72. The molecule has 192 valence electrons. The molecular formula is C29H32N4O4. The van der Waals surface area contributed by atoms with E-state index in [0.717, 1.165) is 40.8 Å². The number of benzene rings is 2. The number of ether oxygens (including phenoxy) is 2. The van der Waals surface area contributed by atoms with Gasteiger partial charge in [-0.2, -0.15) is 5.26 Å².